The molecule has 0 amide bonds. The monoisotopic (exact) mass is 281 g/mol. The Balaban J connectivity index is 1.60. The number of anilines is 1. The van der Waals surface area contributed by atoms with Crippen LogP contribution in [0.4, 0.5) is 5.69 Å². The molecule has 0 aliphatic carbocycles. The summed E-state index contributed by atoms with van der Waals surface area (Å²) in [6.07, 6.45) is 3.21. The van der Waals surface area contributed by atoms with Crippen LogP contribution in [0.2, 0.25) is 0 Å². The van der Waals surface area contributed by atoms with E-state index in [1.807, 2.05) is 0 Å². The van der Waals surface area contributed by atoms with E-state index in [2.05, 4.69) is 67.7 Å². The van der Waals surface area contributed by atoms with Gasteiger partial charge in [-0.25, -0.2) is 0 Å². The van der Waals surface area contributed by atoms with Gasteiger partial charge in [0.15, 0.2) is 0 Å². The second kappa shape index (κ2) is 5.80. The maximum Gasteiger partial charge on any atom is 0.123 e. The zero-order valence-electron chi connectivity index (χ0n) is 12.9. The van der Waals surface area contributed by atoms with Crippen LogP contribution in [-0.4, -0.2) is 12.1 Å². The van der Waals surface area contributed by atoms with Gasteiger partial charge in [-0.2, -0.15) is 0 Å². The summed E-state index contributed by atoms with van der Waals surface area (Å²) < 4.78 is 6.02. The van der Waals surface area contributed by atoms with Crippen molar-refractivity contribution >= 4 is 5.69 Å². The third-order valence-electron chi connectivity index (χ3n) is 4.03. The SMILES string of the molecule is CC1(C)CCc2cc(NCCc3ccccc3)ccc2O1. The zero-order chi connectivity index (χ0) is 14.7. The van der Waals surface area contributed by atoms with Crippen molar-refractivity contribution in [2.24, 2.45) is 0 Å². The number of fused-ring (bicyclic) bond motifs is 1. The third kappa shape index (κ3) is 3.57. The van der Waals surface area contributed by atoms with Gasteiger partial charge < -0.3 is 10.1 Å². The number of rotatable bonds is 4. The summed E-state index contributed by atoms with van der Waals surface area (Å²) in [5.74, 6) is 1.04. The van der Waals surface area contributed by atoms with Crippen molar-refractivity contribution in [1.82, 2.24) is 0 Å². The van der Waals surface area contributed by atoms with Crippen molar-refractivity contribution < 1.29 is 4.74 Å². The largest absolute Gasteiger partial charge is 0.488 e. The van der Waals surface area contributed by atoms with Crippen LogP contribution < -0.4 is 10.1 Å². The van der Waals surface area contributed by atoms with Crippen molar-refractivity contribution in [2.75, 3.05) is 11.9 Å². The van der Waals surface area contributed by atoms with Crippen LogP contribution in [0.1, 0.15) is 31.4 Å². The summed E-state index contributed by atoms with van der Waals surface area (Å²) in [5.41, 5.74) is 3.84. The Bertz CT molecular complexity index is 604. The van der Waals surface area contributed by atoms with E-state index >= 15 is 0 Å². The molecule has 0 radical (unpaired) electrons. The van der Waals surface area contributed by atoms with Gasteiger partial charge in [-0.3, -0.25) is 0 Å². The van der Waals surface area contributed by atoms with E-state index in [1.54, 1.807) is 0 Å². The Hall–Kier alpha value is -1.96. The lowest BCUT2D eigenvalue weighted by atomic mass is 9.94. The molecule has 0 fully saturated rings. The van der Waals surface area contributed by atoms with E-state index in [0.717, 1.165) is 31.6 Å². The maximum atomic E-state index is 6.02. The normalized spacial score (nSPS) is 15.9. The highest BCUT2D eigenvalue weighted by molar-refractivity contribution is 5.52. The second-order valence-corrected chi connectivity index (χ2v) is 6.35. The summed E-state index contributed by atoms with van der Waals surface area (Å²) in [7, 11) is 0. The van der Waals surface area contributed by atoms with Crippen LogP contribution in [0.5, 0.6) is 5.75 Å². The van der Waals surface area contributed by atoms with E-state index in [4.69, 9.17) is 4.74 Å². The van der Waals surface area contributed by atoms with Crippen LogP contribution in [0.15, 0.2) is 48.5 Å². The molecule has 1 aliphatic rings. The molecule has 0 spiro atoms. The number of benzene rings is 2. The lowest BCUT2D eigenvalue weighted by molar-refractivity contribution is 0.0847. The average molecular weight is 281 g/mol. The topological polar surface area (TPSA) is 21.3 Å². The first-order valence-corrected chi connectivity index (χ1v) is 7.72. The molecule has 1 aliphatic heterocycles. The molecule has 2 heteroatoms. The van der Waals surface area contributed by atoms with Gasteiger partial charge in [-0.05, 0) is 62.4 Å². The van der Waals surface area contributed by atoms with Crippen LogP contribution in [0.25, 0.3) is 0 Å². The fourth-order valence-corrected chi connectivity index (χ4v) is 2.76. The molecule has 3 rings (SSSR count). The van der Waals surface area contributed by atoms with Crippen molar-refractivity contribution in [1.29, 1.82) is 0 Å². The van der Waals surface area contributed by atoms with Gasteiger partial charge in [-0.15, -0.1) is 0 Å². The minimum atomic E-state index is -0.0325. The summed E-state index contributed by atoms with van der Waals surface area (Å²) in [6, 6.07) is 17.0. The molecule has 0 aromatic heterocycles. The molecule has 1 N–H and O–H groups in total. The molecule has 0 atom stereocenters. The summed E-state index contributed by atoms with van der Waals surface area (Å²) >= 11 is 0. The minimum Gasteiger partial charge on any atom is -0.488 e. The van der Waals surface area contributed by atoms with Crippen molar-refractivity contribution in [2.45, 2.75) is 38.7 Å². The average Bonchev–Trinajstić information content (AvgIpc) is 2.48. The Morgan fingerprint density at radius 3 is 2.71 bits per heavy atom. The molecule has 0 unspecified atom stereocenters. The maximum absolute atomic E-state index is 6.02. The highest BCUT2D eigenvalue weighted by atomic mass is 16.5. The smallest absolute Gasteiger partial charge is 0.123 e. The molecule has 110 valence electrons. The molecular weight excluding hydrogens is 258 g/mol. The first-order chi connectivity index (χ1) is 10.1. The fraction of sp³-hybridized carbons (Fsp3) is 0.368. The zero-order valence-corrected chi connectivity index (χ0v) is 12.9. The van der Waals surface area contributed by atoms with Gasteiger partial charge in [0, 0.05) is 12.2 Å². The van der Waals surface area contributed by atoms with E-state index in [9.17, 15) is 0 Å². The standard InChI is InChI=1S/C19H23NO/c1-19(2)12-10-16-14-17(8-9-18(16)21-19)20-13-11-15-6-4-3-5-7-15/h3-9,14,20H,10-13H2,1-2H3. The van der Waals surface area contributed by atoms with Crippen LogP contribution in [0.3, 0.4) is 0 Å². The van der Waals surface area contributed by atoms with Crippen LogP contribution in [0, 0.1) is 0 Å². The number of aryl methyl sites for hydroxylation is 1. The number of ether oxygens (including phenoxy) is 1. The van der Waals surface area contributed by atoms with Crippen molar-refractivity contribution in [3.63, 3.8) is 0 Å². The Morgan fingerprint density at radius 1 is 1.10 bits per heavy atom. The lowest BCUT2D eigenvalue weighted by Gasteiger charge is -2.32. The molecule has 2 nitrogen and oxygen atoms in total. The summed E-state index contributed by atoms with van der Waals surface area (Å²) in [6.45, 7) is 5.26. The first-order valence-electron chi connectivity index (χ1n) is 7.72. The van der Waals surface area contributed by atoms with Gasteiger partial charge in [0.2, 0.25) is 0 Å². The van der Waals surface area contributed by atoms with Crippen molar-refractivity contribution in [3.8, 4) is 5.75 Å². The first kappa shape index (κ1) is 14.0. The minimum absolute atomic E-state index is 0.0325. The van der Waals surface area contributed by atoms with Gasteiger partial charge >= 0.3 is 0 Å². The quantitative estimate of drug-likeness (QED) is 0.894. The van der Waals surface area contributed by atoms with E-state index in [0.29, 0.717) is 0 Å². The van der Waals surface area contributed by atoms with E-state index in [-0.39, 0.29) is 5.60 Å². The molecule has 0 bridgehead atoms. The predicted octanol–water partition coefficient (Wildman–Crippen LogP) is 4.44. The van der Waals surface area contributed by atoms with Gasteiger partial charge in [0.1, 0.15) is 11.4 Å². The van der Waals surface area contributed by atoms with Crippen LogP contribution in [-0.2, 0) is 12.8 Å². The van der Waals surface area contributed by atoms with Crippen LogP contribution >= 0.6 is 0 Å². The molecule has 0 saturated carbocycles. The third-order valence-corrected chi connectivity index (χ3v) is 4.03. The fourth-order valence-electron chi connectivity index (χ4n) is 2.76. The highest BCUT2D eigenvalue weighted by Crippen LogP contribution is 2.34. The van der Waals surface area contributed by atoms with E-state index in [1.165, 1.54) is 16.8 Å². The summed E-state index contributed by atoms with van der Waals surface area (Å²) in [5, 5.41) is 3.51. The number of hydrogen-bond donors (Lipinski definition) is 1. The number of nitrogens with one attached hydrogen (secondary N) is 1. The van der Waals surface area contributed by atoms with Gasteiger partial charge in [-0.1, -0.05) is 30.3 Å². The number of hydrogen-bond acceptors (Lipinski definition) is 2. The lowest BCUT2D eigenvalue weighted by Crippen LogP contribution is -2.32. The molecule has 1 heterocycles. The Morgan fingerprint density at radius 2 is 1.90 bits per heavy atom. The van der Waals surface area contributed by atoms with E-state index < -0.39 is 0 Å². The molecule has 0 saturated heterocycles. The van der Waals surface area contributed by atoms with Gasteiger partial charge in [0.25, 0.3) is 0 Å². The molecular formula is C19H23NO. The Labute approximate surface area is 127 Å². The Kier molecular flexibility index (Phi) is 3.87. The second-order valence-electron chi connectivity index (χ2n) is 6.35. The molecule has 2 aromatic carbocycles. The highest BCUT2D eigenvalue weighted by Gasteiger charge is 2.26. The predicted molar refractivity (Wildman–Crippen MR) is 88.1 cm³/mol. The summed E-state index contributed by atoms with van der Waals surface area (Å²) in [4.78, 5) is 0. The van der Waals surface area contributed by atoms with Gasteiger partial charge in [0.05, 0.1) is 0 Å². The molecule has 2 aromatic rings. The molecule has 21 heavy (non-hydrogen) atoms. The van der Waals surface area contributed by atoms with Crippen molar-refractivity contribution in [3.05, 3.63) is 59.7 Å².